The van der Waals surface area contributed by atoms with Crippen LogP contribution < -0.4 is 5.32 Å². The number of aliphatic hydroxyl groups is 1. The molecule has 0 aliphatic heterocycles. The van der Waals surface area contributed by atoms with Gasteiger partial charge in [0.05, 0.1) is 0 Å². The highest BCUT2D eigenvalue weighted by Crippen LogP contribution is 2.49. The van der Waals surface area contributed by atoms with Gasteiger partial charge in [0.1, 0.15) is 5.69 Å². The minimum atomic E-state index is -5.92. The van der Waals surface area contributed by atoms with E-state index in [0.29, 0.717) is 6.07 Å². The largest absolute Gasteiger partial charge is 0.453 e. The third kappa shape index (κ3) is 6.21. The first-order chi connectivity index (χ1) is 14.4. The Kier molecular flexibility index (Phi) is 7.40. The van der Waals surface area contributed by atoms with E-state index in [1.165, 1.54) is 0 Å². The fraction of sp³-hybridized carbons (Fsp3) is 0.722. The predicted molar refractivity (Wildman–Crippen MR) is 88.7 cm³/mol. The number of halogens is 11. The molecule has 0 amide bonds. The van der Waals surface area contributed by atoms with Crippen molar-refractivity contribution in [3.8, 4) is 0 Å². The summed E-state index contributed by atoms with van der Waals surface area (Å²) in [4.78, 5) is 3.34. The van der Waals surface area contributed by atoms with Gasteiger partial charge in [-0.1, -0.05) is 12.5 Å². The van der Waals surface area contributed by atoms with Crippen LogP contribution in [-0.4, -0.2) is 46.6 Å². The number of pyridine rings is 1. The van der Waals surface area contributed by atoms with Gasteiger partial charge in [-0.3, -0.25) is 0 Å². The normalized spacial score (nSPS) is 24.4. The van der Waals surface area contributed by atoms with Crippen molar-refractivity contribution < 1.29 is 53.4 Å². The Balaban J connectivity index is 2.37. The quantitative estimate of drug-likeness (QED) is 0.536. The van der Waals surface area contributed by atoms with E-state index in [2.05, 4.69) is 10.3 Å². The lowest BCUT2D eigenvalue weighted by Crippen LogP contribution is -2.57. The van der Waals surface area contributed by atoms with Gasteiger partial charge in [0.25, 0.3) is 0 Å². The van der Waals surface area contributed by atoms with Crippen molar-refractivity contribution in [1.82, 2.24) is 10.3 Å². The van der Waals surface area contributed by atoms with Gasteiger partial charge in [0, 0.05) is 30.1 Å². The standard InChI is InChI=1S/C18H19F11N2O/c19-15(20,18(27,28)29)10-3-2-6-14(7-10,30-9-13(32)17(24,25)26)8-11-4-1-5-12(31-11)16(21,22)23/h1,4-5,10,13,30,32H,2-3,6-9H2. The second kappa shape index (κ2) is 8.92. The molecule has 0 radical (unpaired) electrons. The van der Waals surface area contributed by atoms with Crippen LogP contribution in [0.2, 0.25) is 0 Å². The highest BCUT2D eigenvalue weighted by Gasteiger charge is 2.63. The lowest BCUT2D eigenvalue weighted by atomic mass is 9.71. The molecule has 14 heteroatoms. The third-order valence-electron chi connectivity index (χ3n) is 5.40. The van der Waals surface area contributed by atoms with Gasteiger partial charge < -0.3 is 10.4 Å². The lowest BCUT2D eigenvalue weighted by Gasteiger charge is -2.44. The van der Waals surface area contributed by atoms with Crippen LogP contribution in [0.5, 0.6) is 0 Å². The van der Waals surface area contributed by atoms with E-state index in [-0.39, 0.29) is 18.5 Å². The van der Waals surface area contributed by atoms with Crippen molar-refractivity contribution >= 4 is 0 Å². The molecule has 184 valence electrons. The molecular formula is C18H19F11N2O. The molecule has 32 heavy (non-hydrogen) atoms. The van der Waals surface area contributed by atoms with E-state index in [9.17, 15) is 53.4 Å². The Labute approximate surface area is 175 Å². The summed E-state index contributed by atoms with van der Waals surface area (Å²) < 4.78 is 143. The molecule has 0 bridgehead atoms. The third-order valence-corrected chi connectivity index (χ3v) is 5.40. The molecule has 0 spiro atoms. The molecular weight excluding hydrogens is 469 g/mol. The summed E-state index contributed by atoms with van der Waals surface area (Å²) in [5.41, 5.74) is -3.58. The maximum absolute atomic E-state index is 14.0. The number of β-amino-alcohol motifs (C(OH)–C–C–N with tert-alkyl or cyclic N) is 1. The predicted octanol–water partition coefficient (Wildman–Crippen LogP) is 5.28. The second-order valence-electron chi connectivity index (χ2n) is 7.82. The molecule has 1 heterocycles. The maximum Gasteiger partial charge on any atom is 0.453 e. The fourth-order valence-electron chi connectivity index (χ4n) is 3.80. The molecule has 1 aromatic rings. The van der Waals surface area contributed by atoms with Gasteiger partial charge in [0.2, 0.25) is 0 Å². The highest BCUT2D eigenvalue weighted by molar-refractivity contribution is 5.17. The number of rotatable bonds is 6. The molecule has 1 aliphatic carbocycles. The van der Waals surface area contributed by atoms with Gasteiger partial charge in [0.15, 0.2) is 6.10 Å². The summed E-state index contributed by atoms with van der Waals surface area (Å²) in [7, 11) is 0. The Hall–Kier alpha value is -1.70. The number of aromatic nitrogens is 1. The van der Waals surface area contributed by atoms with Crippen LogP contribution in [0.4, 0.5) is 48.3 Å². The number of alkyl halides is 11. The molecule has 3 unspecified atom stereocenters. The Morgan fingerprint density at radius 3 is 2.19 bits per heavy atom. The van der Waals surface area contributed by atoms with Crippen molar-refractivity contribution in [1.29, 1.82) is 0 Å². The number of nitrogens with one attached hydrogen (secondary N) is 1. The highest BCUT2D eigenvalue weighted by atomic mass is 19.4. The summed E-state index contributed by atoms with van der Waals surface area (Å²) in [5, 5.41) is 11.4. The van der Waals surface area contributed by atoms with Gasteiger partial charge >= 0.3 is 24.5 Å². The fourth-order valence-corrected chi connectivity index (χ4v) is 3.80. The minimum Gasteiger partial charge on any atom is -0.382 e. The van der Waals surface area contributed by atoms with Gasteiger partial charge in [-0.05, 0) is 31.4 Å². The molecule has 1 aromatic heterocycles. The number of nitrogens with zero attached hydrogens (tertiary/aromatic N) is 1. The van der Waals surface area contributed by atoms with Crippen LogP contribution in [0.15, 0.2) is 18.2 Å². The van der Waals surface area contributed by atoms with Crippen molar-refractivity contribution in [3.63, 3.8) is 0 Å². The zero-order valence-electron chi connectivity index (χ0n) is 16.2. The molecule has 2 N–H and O–H groups in total. The summed E-state index contributed by atoms with van der Waals surface area (Å²) in [5.74, 6) is -7.48. The molecule has 1 aliphatic rings. The van der Waals surface area contributed by atoms with Crippen LogP contribution in [0, 0.1) is 5.92 Å². The Bertz CT molecular complexity index is 775. The van der Waals surface area contributed by atoms with Crippen LogP contribution >= 0.6 is 0 Å². The maximum atomic E-state index is 14.0. The van der Waals surface area contributed by atoms with E-state index >= 15 is 0 Å². The monoisotopic (exact) mass is 488 g/mol. The van der Waals surface area contributed by atoms with Crippen LogP contribution in [0.25, 0.3) is 0 Å². The lowest BCUT2D eigenvalue weighted by molar-refractivity contribution is -0.307. The summed E-state index contributed by atoms with van der Waals surface area (Å²) >= 11 is 0. The van der Waals surface area contributed by atoms with Crippen molar-refractivity contribution in [2.24, 2.45) is 5.92 Å². The topological polar surface area (TPSA) is 45.1 Å². The van der Waals surface area contributed by atoms with Crippen LogP contribution in [0.3, 0.4) is 0 Å². The van der Waals surface area contributed by atoms with E-state index in [4.69, 9.17) is 0 Å². The molecule has 3 nitrogen and oxygen atoms in total. The van der Waals surface area contributed by atoms with E-state index in [1.54, 1.807) is 0 Å². The van der Waals surface area contributed by atoms with E-state index < -0.39 is 73.5 Å². The minimum absolute atomic E-state index is 0.208. The van der Waals surface area contributed by atoms with Crippen LogP contribution in [0.1, 0.15) is 37.1 Å². The van der Waals surface area contributed by atoms with Gasteiger partial charge in [-0.2, -0.15) is 48.3 Å². The summed E-state index contributed by atoms with van der Waals surface area (Å²) in [6.07, 6.45) is -21.5. The molecule has 1 fully saturated rings. The molecule has 0 saturated heterocycles. The van der Waals surface area contributed by atoms with Gasteiger partial charge in [-0.15, -0.1) is 0 Å². The molecule has 0 aromatic carbocycles. The number of hydrogen-bond acceptors (Lipinski definition) is 3. The first-order valence-electron chi connectivity index (χ1n) is 9.35. The first-order valence-corrected chi connectivity index (χ1v) is 9.35. The van der Waals surface area contributed by atoms with Crippen molar-refractivity contribution in [2.75, 3.05) is 6.54 Å². The Morgan fingerprint density at radius 1 is 1.03 bits per heavy atom. The van der Waals surface area contributed by atoms with Crippen molar-refractivity contribution in [2.45, 2.75) is 68.2 Å². The number of hydrogen-bond donors (Lipinski definition) is 2. The van der Waals surface area contributed by atoms with E-state index in [0.717, 1.165) is 12.1 Å². The zero-order chi connectivity index (χ0) is 24.6. The second-order valence-corrected chi connectivity index (χ2v) is 7.82. The molecule has 3 atom stereocenters. The molecule has 2 rings (SSSR count). The van der Waals surface area contributed by atoms with Crippen LogP contribution in [-0.2, 0) is 12.6 Å². The SMILES string of the molecule is OC(CNC1(Cc2cccc(C(F)(F)F)n2)CCCC(C(F)(F)C(F)(F)F)C1)C(F)(F)F. The Morgan fingerprint density at radius 2 is 1.66 bits per heavy atom. The summed E-state index contributed by atoms with van der Waals surface area (Å²) in [6.45, 7) is -1.24. The summed E-state index contributed by atoms with van der Waals surface area (Å²) in [6, 6.07) is 2.61. The van der Waals surface area contributed by atoms with Gasteiger partial charge in [-0.25, -0.2) is 4.98 Å². The average molecular weight is 488 g/mol. The first kappa shape index (κ1) is 26.6. The van der Waals surface area contributed by atoms with Crippen molar-refractivity contribution in [3.05, 3.63) is 29.6 Å². The zero-order valence-corrected chi connectivity index (χ0v) is 16.2. The molecule has 1 saturated carbocycles. The average Bonchev–Trinajstić information content (AvgIpc) is 2.64. The number of aliphatic hydroxyl groups excluding tert-OH is 1. The van der Waals surface area contributed by atoms with E-state index in [1.807, 2.05) is 0 Å². The smallest absolute Gasteiger partial charge is 0.382 e.